The van der Waals surface area contributed by atoms with E-state index in [1.165, 1.54) is 0 Å². The highest BCUT2D eigenvalue weighted by molar-refractivity contribution is 7.18. The summed E-state index contributed by atoms with van der Waals surface area (Å²) in [6.45, 7) is 1.98. The fraction of sp³-hybridized carbons (Fsp3) is 0.105. The fourth-order valence-electron chi connectivity index (χ4n) is 2.59. The molecule has 6 heteroatoms. The molecule has 0 radical (unpaired) electrons. The monoisotopic (exact) mass is 365 g/mol. The van der Waals surface area contributed by atoms with E-state index in [1.54, 1.807) is 22.7 Å². The maximum atomic E-state index is 12.3. The van der Waals surface area contributed by atoms with Crippen LogP contribution in [0.1, 0.15) is 10.7 Å². The summed E-state index contributed by atoms with van der Waals surface area (Å²) in [4.78, 5) is 21.3. The molecule has 1 amide bonds. The molecule has 0 aliphatic rings. The van der Waals surface area contributed by atoms with Crippen molar-refractivity contribution in [1.82, 2.24) is 9.97 Å². The van der Waals surface area contributed by atoms with Gasteiger partial charge >= 0.3 is 0 Å². The molecule has 25 heavy (non-hydrogen) atoms. The van der Waals surface area contributed by atoms with E-state index < -0.39 is 0 Å². The number of aryl methyl sites for hydroxylation is 1. The molecule has 0 atom stereocenters. The van der Waals surface area contributed by atoms with Crippen LogP contribution in [0.15, 0.2) is 53.9 Å². The lowest BCUT2D eigenvalue weighted by Crippen LogP contribution is -2.14. The second kappa shape index (κ2) is 6.74. The van der Waals surface area contributed by atoms with Crippen molar-refractivity contribution in [2.45, 2.75) is 13.3 Å². The third kappa shape index (κ3) is 3.60. The summed E-state index contributed by atoms with van der Waals surface area (Å²) in [6, 6.07) is 15.8. The lowest BCUT2D eigenvalue weighted by molar-refractivity contribution is -0.115. The van der Waals surface area contributed by atoms with Crippen LogP contribution in [0.5, 0.6) is 0 Å². The molecule has 0 fully saturated rings. The van der Waals surface area contributed by atoms with Crippen LogP contribution < -0.4 is 5.32 Å². The van der Waals surface area contributed by atoms with Crippen LogP contribution in [0.2, 0.25) is 0 Å². The van der Waals surface area contributed by atoms with E-state index in [0.29, 0.717) is 0 Å². The molecule has 1 N–H and O–H groups in total. The van der Waals surface area contributed by atoms with E-state index >= 15 is 0 Å². The number of rotatable bonds is 4. The number of fused-ring (bicyclic) bond motifs is 1. The Morgan fingerprint density at radius 1 is 1.12 bits per heavy atom. The number of nitrogens with one attached hydrogen (secondary N) is 1. The van der Waals surface area contributed by atoms with Crippen molar-refractivity contribution in [3.05, 3.63) is 64.6 Å². The SMILES string of the molecule is Cc1nc2ccc(NC(=O)Cc3csc(-c4ccccc4)n3)cc2s1. The van der Waals surface area contributed by atoms with Gasteiger partial charge in [-0.05, 0) is 25.1 Å². The second-order valence-corrected chi connectivity index (χ2v) is 7.74. The van der Waals surface area contributed by atoms with Gasteiger partial charge in [-0.15, -0.1) is 22.7 Å². The van der Waals surface area contributed by atoms with E-state index in [9.17, 15) is 4.79 Å². The summed E-state index contributed by atoms with van der Waals surface area (Å²) in [5.74, 6) is -0.0644. The summed E-state index contributed by atoms with van der Waals surface area (Å²) in [7, 11) is 0. The molecule has 0 saturated carbocycles. The second-order valence-electron chi connectivity index (χ2n) is 5.65. The van der Waals surface area contributed by atoms with Crippen molar-refractivity contribution >= 4 is 44.5 Å². The van der Waals surface area contributed by atoms with E-state index in [2.05, 4.69) is 15.3 Å². The summed E-state index contributed by atoms with van der Waals surface area (Å²) < 4.78 is 1.08. The van der Waals surface area contributed by atoms with Crippen LogP contribution in [-0.2, 0) is 11.2 Å². The zero-order valence-corrected chi connectivity index (χ0v) is 15.2. The number of carbonyl (C=O) groups is 1. The van der Waals surface area contributed by atoms with Gasteiger partial charge in [0.1, 0.15) is 5.01 Å². The number of thiazole rings is 2. The maximum Gasteiger partial charge on any atom is 0.230 e. The predicted molar refractivity (Wildman–Crippen MR) is 104 cm³/mol. The topological polar surface area (TPSA) is 54.9 Å². The Labute approximate surface area is 153 Å². The lowest BCUT2D eigenvalue weighted by Gasteiger charge is -2.03. The van der Waals surface area contributed by atoms with Crippen LogP contribution in [0.4, 0.5) is 5.69 Å². The van der Waals surface area contributed by atoms with Crippen molar-refractivity contribution in [3.8, 4) is 10.6 Å². The van der Waals surface area contributed by atoms with Gasteiger partial charge in [0.2, 0.25) is 5.91 Å². The number of aromatic nitrogens is 2. The van der Waals surface area contributed by atoms with Gasteiger partial charge in [-0.25, -0.2) is 9.97 Å². The first-order chi connectivity index (χ1) is 12.2. The molecular weight excluding hydrogens is 350 g/mol. The molecule has 0 spiro atoms. The Morgan fingerprint density at radius 3 is 2.80 bits per heavy atom. The molecule has 2 aromatic heterocycles. The minimum Gasteiger partial charge on any atom is -0.326 e. The normalized spacial score (nSPS) is 10.9. The maximum absolute atomic E-state index is 12.3. The molecular formula is C19H15N3OS2. The molecule has 4 aromatic rings. The van der Waals surface area contributed by atoms with Crippen LogP contribution in [0.3, 0.4) is 0 Å². The zero-order chi connectivity index (χ0) is 17.2. The Balaban J connectivity index is 1.45. The van der Waals surface area contributed by atoms with Crippen molar-refractivity contribution in [1.29, 1.82) is 0 Å². The molecule has 0 aliphatic heterocycles. The van der Waals surface area contributed by atoms with E-state index in [0.717, 1.165) is 37.2 Å². The summed E-state index contributed by atoms with van der Waals surface area (Å²) in [5, 5.41) is 6.85. The van der Waals surface area contributed by atoms with Gasteiger partial charge < -0.3 is 5.32 Å². The van der Waals surface area contributed by atoms with E-state index in [4.69, 9.17) is 0 Å². The van der Waals surface area contributed by atoms with Gasteiger partial charge in [-0.2, -0.15) is 0 Å². The van der Waals surface area contributed by atoms with Crippen LogP contribution in [0, 0.1) is 6.92 Å². The molecule has 4 nitrogen and oxygen atoms in total. The minimum absolute atomic E-state index is 0.0644. The standard InChI is InChI=1S/C19H15N3OS2/c1-12-20-16-8-7-14(9-17(16)25-12)21-18(23)10-15-11-24-19(22-15)13-5-3-2-4-6-13/h2-9,11H,10H2,1H3,(H,21,23). The van der Waals surface area contributed by atoms with Gasteiger partial charge in [0, 0.05) is 16.6 Å². The summed E-state index contributed by atoms with van der Waals surface area (Å²) in [5.41, 5.74) is 3.62. The first-order valence-corrected chi connectivity index (χ1v) is 9.54. The van der Waals surface area contributed by atoms with Gasteiger partial charge in [-0.1, -0.05) is 30.3 Å². The average molecular weight is 365 g/mol. The molecule has 0 aliphatic carbocycles. The molecule has 0 saturated heterocycles. The summed E-state index contributed by atoms with van der Waals surface area (Å²) in [6.07, 6.45) is 0.267. The molecule has 124 valence electrons. The van der Waals surface area contributed by atoms with E-state index in [1.807, 2.05) is 60.8 Å². The summed E-state index contributed by atoms with van der Waals surface area (Å²) >= 11 is 3.18. The van der Waals surface area contributed by atoms with Crippen molar-refractivity contribution in [2.75, 3.05) is 5.32 Å². The first kappa shape index (κ1) is 15.9. The highest BCUT2D eigenvalue weighted by atomic mass is 32.1. The lowest BCUT2D eigenvalue weighted by atomic mass is 10.2. The number of hydrogen-bond donors (Lipinski definition) is 1. The average Bonchev–Trinajstić information content (AvgIpc) is 3.21. The molecule has 2 heterocycles. The highest BCUT2D eigenvalue weighted by Gasteiger charge is 2.10. The molecule has 4 rings (SSSR count). The largest absolute Gasteiger partial charge is 0.326 e. The van der Waals surface area contributed by atoms with Crippen molar-refractivity contribution < 1.29 is 4.79 Å². The third-order valence-electron chi connectivity index (χ3n) is 3.69. The van der Waals surface area contributed by atoms with Gasteiger partial charge in [-0.3, -0.25) is 4.79 Å². The van der Waals surface area contributed by atoms with Gasteiger partial charge in [0.15, 0.2) is 0 Å². The molecule has 0 bridgehead atoms. The van der Waals surface area contributed by atoms with Crippen LogP contribution in [0.25, 0.3) is 20.8 Å². The number of amides is 1. The Morgan fingerprint density at radius 2 is 1.96 bits per heavy atom. The number of anilines is 1. The van der Waals surface area contributed by atoms with Gasteiger partial charge in [0.25, 0.3) is 0 Å². The Kier molecular flexibility index (Phi) is 4.29. The van der Waals surface area contributed by atoms with Crippen LogP contribution >= 0.6 is 22.7 Å². The number of hydrogen-bond acceptors (Lipinski definition) is 5. The zero-order valence-electron chi connectivity index (χ0n) is 13.5. The minimum atomic E-state index is -0.0644. The predicted octanol–water partition coefficient (Wildman–Crippen LogP) is 4.91. The third-order valence-corrected chi connectivity index (χ3v) is 5.57. The van der Waals surface area contributed by atoms with Gasteiger partial charge in [0.05, 0.1) is 27.3 Å². The molecule has 0 unspecified atom stereocenters. The smallest absolute Gasteiger partial charge is 0.230 e. The van der Waals surface area contributed by atoms with E-state index in [-0.39, 0.29) is 12.3 Å². The van der Waals surface area contributed by atoms with Crippen LogP contribution in [-0.4, -0.2) is 15.9 Å². The molecule has 2 aromatic carbocycles. The number of benzene rings is 2. The fourth-order valence-corrected chi connectivity index (χ4v) is 4.28. The highest BCUT2D eigenvalue weighted by Crippen LogP contribution is 2.26. The number of nitrogens with zero attached hydrogens (tertiary/aromatic N) is 2. The Bertz CT molecular complexity index is 1040. The number of carbonyl (C=O) groups excluding carboxylic acids is 1. The van der Waals surface area contributed by atoms with Crippen molar-refractivity contribution in [2.24, 2.45) is 0 Å². The quantitative estimate of drug-likeness (QED) is 0.559. The van der Waals surface area contributed by atoms with Crippen molar-refractivity contribution in [3.63, 3.8) is 0 Å². The first-order valence-electron chi connectivity index (χ1n) is 7.84. The Hall–Kier alpha value is -2.57.